The predicted molar refractivity (Wildman–Crippen MR) is 98.5 cm³/mol. The highest BCUT2D eigenvalue weighted by atomic mass is 32.2. The normalized spacial score (nSPS) is 11.4. The third kappa shape index (κ3) is 10.3. The minimum Gasteiger partial charge on any atom is -0.467 e. The van der Waals surface area contributed by atoms with E-state index in [4.69, 9.17) is 0 Å². The quantitative estimate of drug-likeness (QED) is 0.107. The van der Waals surface area contributed by atoms with Crippen LogP contribution in [0.5, 0.6) is 0 Å². The Bertz CT molecular complexity index is 741. The maximum absolute atomic E-state index is 11.9. The summed E-state index contributed by atoms with van der Waals surface area (Å²) in [6.45, 7) is -2.95. The van der Waals surface area contributed by atoms with Crippen LogP contribution in [0.3, 0.4) is 0 Å². The zero-order valence-electron chi connectivity index (χ0n) is 16.6. The number of thioether (sulfide) groups is 1. The van der Waals surface area contributed by atoms with Crippen molar-refractivity contribution in [3.63, 3.8) is 0 Å². The summed E-state index contributed by atoms with van der Waals surface area (Å²) in [5.74, 6) is -4.93. The first kappa shape index (κ1) is 28.2. The molecule has 0 aromatic heterocycles. The average Bonchev–Trinajstić information content (AvgIpc) is 2.70. The van der Waals surface area contributed by atoms with Crippen molar-refractivity contribution in [3.05, 3.63) is 30.3 Å². The third-order valence-electron chi connectivity index (χ3n) is 3.35. The van der Waals surface area contributed by atoms with Crippen LogP contribution in [0.25, 0.3) is 0 Å². The maximum Gasteiger partial charge on any atom is 0.375 e. The summed E-state index contributed by atoms with van der Waals surface area (Å²) < 4.78 is 8.95. The van der Waals surface area contributed by atoms with Crippen molar-refractivity contribution >= 4 is 35.4 Å². The molecule has 0 saturated carbocycles. The summed E-state index contributed by atoms with van der Waals surface area (Å²) in [4.78, 5) is 84.7. The number of carbonyl (C=O) groups excluding carboxylic acids is 4. The number of nitrogens with zero attached hydrogens (tertiary/aromatic N) is 3. The highest BCUT2D eigenvalue weighted by molar-refractivity contribution is 8.00. The van der Waals surface area contributed by atoms with Gasteiger partial charge in [0.05, 0.1) is 12.9 Å². The number of amides is 1. The van der Waals surface area contributed by atoms with E-state index >= 15 is 0 Å². The van der Waals surface area contributed by atoms with Crippen molar-refractivity contribution in [2.45, 2.75) is 18.5 Å². The molecule has 18 nitrogen and oxygen atoms in total. The van der Waals surface area contributed by atoms with Crippen LogP contribution in [-0.2, 0) is 38.3 Å². The van der Waals surface area contributed by atoms with E-state index in [0.717, 1.165) is 25.8 Å². The van der Waals surface area contributed by atoms with Crippen molar-refractivity contribution < 1.29 is 53.4 Å². The molecule has 32 heavy (non-hydrogen) atoms. The molecule has 0 aromatic carbocycles. The molecule has 0 aliphatic heterocycles. The number of methoxy groups -OCH3 is 1. The SMILES string of the molecule is COC(=O)[C@H](CSCC(=O)C(=O)OCC(CO[N+](=O)[O-])(CO[N+](=O)[O-])[N+](=O)[O-])NC(C)=O. The average molecular weight is 486 g/mol. The van der Waals surface area contributed by atoms with Gasteiger partial charge in [-0.05, 0) is 0 Å². The van der Waals surface area contributed by atoms with Gasteiger partial charge in [-0.1, -0.05) is 0 Å². The zero-order valence-corrected chi connectivity index (χ0v) is 17.4. The lowest BCUT2D eigenvalue weighted by molar-refractivity contribution is -0.788. The minimum absolute atomic E-state index is 0.169. The van der Waals surface area contributed by atoms with E-state index in [1.54, 1.807) is 0 Å². The third-order valence-corrected chi connectivity index (χ3v) is 4.38. The highest BCUT2D eigenvalue weighted by Gasteiger charge is 2.48. The molecule has 1 N–H and O–H groups in total. The predicted octanol–water partition coefficient (Wildman–Crippen LogP) is -2.06. The summed E-state index contributed by atoms with van der Waals surface area (Å²) >= 11 is 0.724. The molecule has 0 aliphatic carbocycles. The number of nitro groups is 1. The molecule has 0 aliphatic rings. The lowest BCUT2D eigenvalue weighted by Crippen LogP contribution is -2.53. The minimum atomic E-state index is -2.76. The Kier molecular flexibility index (Phi) is 11.9. The Hall–Kier alpha value is -3.77. The Morgan fingerprint density at radius 2 is 1.53 bits per heavy atom. The van der Waals surface area contributed by atoms with E-state index in [2.05, 4.69) is 24.5 Å². The van der Waals surface area contributed by atoms with Gasteiger partial charge in [0, 0.05) is 17.6 Å². The maximum atomic E-state index is 11.9. The second-order valence-corrected chi connectivity index (χ2v) is 6.80. The van der Waals surface area contributed by atoms with Crippen molar-refractivity contribution in [3.8, 4) is 0 Å². The molecular weight excluding hydrogens is 468 g/mol. The Morgan fingerprint density at radius 3 is 1.94 bits per heavy atom. The van der Waals surface area contributed by atoms with Crippen LogP contribution in [0, 0.1) is 30.3 Å². The number of Topliss-reactive ketones (excluding diaryl/α,β-unsaturated/α-hetero) is 1. The fraction of sp³-hybridized carbons (Fsp3) is 0.692. The fourth-order valence-corrected chi connectivity index (χ4v) is 2.67. The van der Waals surface area contributed by atoms with Crippen LogP contribution in [0.1, 0.15) is 6.92 Å². The molecule has 0 unspecified atom stereocenters. The summed E-state index contributed by atoms with van der Waals surface area (Å²) in [6.07, 6.45) is 0. The Balaban J connectivity index is 5.00. The van der Waals surface area contributed by atoms with Gasteiger partial charge in [0.1, 0.15) is 6.04 Å². The standard InChI is InChI=1S/C13H18N4O14S/c1-8(18)14-9(11(20)28-2)3-32-4-10(19)12(21)29-5-13(15(22)23,6-30-16(24)25)7-31-17(26)27/h9H,3-7H2,1-2H3,(H,14,18)/t9-/m0/s1. The Morgan fingerprint density at radius 1 is 1.00 bits per heavy atom. The second-order valence-electron chi connectivity index (χ2n) is 5.77. The smallest absolute Gasteiger partial charge is 0.375 e. The first-order valence-electron chi connectivity index (χ1n) is 8.16. The molecule has 0 aromatic rings. The highest BCUT2D eigenvalue weighted by Crippen LogP contribution is 2.14. The summed E-state index contributed by atoms with van der Waals surface area (Å²) in [5.41, 5.74) is -2.76. The van der Waals surface area contributed by atoms with Gasteiger partial charge in [-0.25, -0.2) is 9.59 Å². The Labute approximate surface area is 182 Å². The van der Waals surface area contributed by atoms with E-state index in [1.807, 2.05) is 0 Å². The number of carbonyl (C=O) groups is 4. The molecule has 0 radical (unpaired) electrons. The van der Waals surface area contributed by atoms with Gasteiger partial charge < -0.3 is 24.5 Å². The van der Waals surface area contributed by atoms with Crippen LogP contribution in [0.2, 0.25) is 0 Å². The number of esters is 2. The molecule has 19 heteroatoms. The van der Waals surface area contributed by atoms with Crippen LogP contribution in [0.4, 0.5) is 0 Å². The van der Waals surface area contributed by atoms with Crippen LogP contribution < -0.4 is 5.32 Å². The molecule has 0 saturated heterocycles. The van der Waals surface area contributed by atoms with Crippen molar-refractivity contribution in [1.82, 2.24) is 5.32 Å². The molecule has 0 rings (SSSR count). The van der Waals surface area contributed by atoms with Crippen LogP contribution in [0.15, 0.2) is 0 Å². The van der Waals surface area contributed by atoms with Gasteiger partial charge in [0.15, 0.2) is 19.8 Å². The molecule has 0 heterocycles. The van der Waals surface area contributed by atoms with E-state index in [-0.39, 0.29) is 5.75 Å². The molecule has 1 amide bonds. The lowest BCUT2D eigenvalue weighted by atomic mass is 10.1. The monoisotopic (exact) mass is 486 g/mol. The van der Waals surface area contributed by atoms with Gasteiger partial charge >= 0.3 is 17.5 Å². The van der Waals surface area contributed by atoms with Crippen LogP contribution in [-0.4, -0.2) is 88.7 Å². The van der Waals surface area contributed by atoms with Gasteiger partial charge in [-0.15, -0.1) is 20.2 Å². The van der Waals surface area contributed by atoms with E-state index < -0.39 is 75.9 Å². The van der Waals surface area contributed by atoms with Crippen molar-refractivity contribution in [1.29, 1.82) is 0 Å². The van der Waals surface area contributed by atoms with Gasteiger partial charge in [-0.3, -0.25) is 19.7 Å². The first-order chi connectivity index (χ1) is 14.8. The summed E-state index contributed by atoms with van der Waals surface area (Å²) in [7, 11) is 1.07. The number of ether oxygens (including phenoxy) is 2. The number of rotatable bonds is 16. The first-order valence-corrected chi connectivity index (χ1v) is 9.32. The van der Waals surface area contributed by atoms with Crippen LogP contribution >= 0.6 is 11.8 Å². The van der Waals surface area contributed by atoms with Gasteiger partial charge in [0.25, 0.3) is 10.2 Å². The zero-order chi connectivity index (χ0) is 24.9. The molecule has 1 atom stereocenters. The van der Waals surface area contributed by atoms with Crippen molar-refractivity contribution in [2.24, 2.45) is 0 Å². The molecule has 0 spiro atoms. The van der Waals surface area contributed by atoms with Gasteiger partial charge in [0.2, 0.25) is 11.7 Å². The fourth-order valence-electron chi connectivity index (χ4n) is 1.79. The summed E-state index contributed by atoms with van der Waals surface area (Å²) in [5, 5.41) is 31.4. The molecule has 0 bridgehead atoms. The summed E-state index contributed by atoms with van der Waals surface area (Å²) in [6, 6.07) is -1.12. The largest absolute Gasteiger partial charge is 0.467 e. The molecular formula is C13H18N4O14S. The van der Waals surface area contributed by atoms with E-state index in [1.165, 1.54) is 0 Å². The second kappa shape index (κ2) is 13.5. The lowest BCUT2D eigenvalue weighted by Gasteiger charge is -2.22. The molecule has 180 valence electrons. The van der Waals surface area contributed by atoms with E-state index in [0.29, 0.717) is 0 Å². The topological polar surface area (TPSA) is 247 Å². The van der Waals surface area contributed by atoms with Gasteiger partial charge in [-0.2, -0.15) is 11.8 Å². The number of ketones is 1. The number of hydrogen-bond acceptors (Lipinski definition) is 15. The number of nitrogens with one attached hydrogen (secondary N) is 1. The van der Waals surface area contributed by atoms with Crippen molar-refractivity contribution in [2.75, 3.05) is 38.4 Å². The number of hydrogen-bond donors (Lipinski definition) is 1. The molecule has 0 fully saturated rings. The van der Waals surface area contributed by atoms with E-state index in [9.17, 15) is 49.5 Å².